The van der Waals surface area contributed by atoms with Crippen LogP contribution in [0.4, 0.5) is 5.13 Å². The number of methoxy groups -OCH3 is 1. The van der Waals surface area contributed by atoms with Crippen LogP contribution in [0.1, 0.15) is 42.3 Å². The smallest absolute Gasteiger partial charge is 0.337 e. The maximum Gasteiger partial charge on any atom is 0.337 e. The van der Waals surface area contributed by atoms with Gasteiger partial charge in [-0.05, 0) is 49.7 Å². The Kier molecular flexibility index (Phi) is 6.11. The van der Waals surface area contributed by atoms with E-state index in [0.717, 1.165) is 4.70 Å². The molecule has 1 atom stereocenters. The molecule has 1 N–H and O–H groups in total. The van der Waals surface area contributed by atoms with Crippen LogP contribution >= 0.6 is 34.3 Å². The number of rotatable bonds is 5. The van der Waals surface area contributed by atoms with Gasteiger partial charge in [0.15, 0.2) is 10.9 Å². The van der Waals surface area contributed by atoms with Crippen LogP contribution in [-0.2, 0) is 9.53 Å². The van der Waals surface area contributed by atoms with Crippen molar-refractivity contribution in [1.29, 1.82) is 0 Å². The van der Waals surface area contributed by atoms with Crippen molar-refractivity contribution < 1.29 is 24.2 Å². The van der Waals surface area contributed by atoms with E-state index in [1.165, 1.54) is 34.7 Å². The van der Waals surface area contributed by atoms with Crippen molar-refractivity contribution in [2.45, 2.75) is 19.9 Å². The molecule has 8 nitrogen and oxygen atoms in total. The van der Waals surface area contributed by atoms with Crippen LogP contribution in [-0.4, -0.2) is 39.8 Å². The number of esters is 1. The Bertz CT molecular complexity index is 1590. The third kappa shape index (κ3) is 3.97. The zero-order chi connectivity index (χ0) is 25.7. The number of amides is 1. The Balaban J connectivity index is 1.67. The summed E-state index contributed by atoms with van der Waals surface area (Å²) in [4.78, 5) is 49.6. The summed E-state index contributed by atoms with van der Waals surface area (Å²) in [6.07, 6.45) is 0. The predicted octanol–water partition coefficient (Wildman–Crippen LogP) is 5.59. The van der Waals surface area contributed by atoms with Crippen molar-refractivity contribution in [2.24, 2.45) is 0 Å². The summed E-state index contributed by atoms with van der Waals surface area (Å²) in [6.45, 7) is 3.49. The zero-order valence-electron chi connectivity index (χ0n) is 19.2. The third-order valence-corrected chi connectivity index (χ3v) is 8.08. The molecule has 182 valence electrons. The van der Waals surface area contributed by atoms with Crippen molar-refractivity contribution in [3.8, 4) is 0 Å². The number of Topliss-reactive ketones (excluding diaryl/α,β-unsaturated/α-hetero) is 1. The first-order valence-electron chi connectivity index (χ1n) is 10.7. The van der Waals surface area contributed by atoms with Crippen molar-refractivity contribution in [3.63, 3.8) is 0 Å². The highest BCUT2D eigenvalue weighted by molar-refractivity contribution is 7.22. The zero-order valence-corrected chi connectivity index (χ0v) is 21.6. The number of benzene rings is 2. The monoisotopic (exact) mass is 539 g/mol. The maximum atomic E-state index is 13.7. The van der Waals surface area contributed by atoms with Crippen LogP contribution in [0.25, 0.3) is 10.2 Å². The molecule has 0 saturated carbocycles. The van der Waals surface area contributed by atoms with E-state index in [1.807, 2.05) is 0 Å². The minimum atomic E-state index is -0.977. The van der Waals surface area contributed by atoms with Crippen molar-refractivity contribution in [1.82, 2.24) is 9.97 Å². The maximum absolute atomic E-state index is 13.7. The number of ether oxygens (including phenoxy) is 1. The van der Waals surface area contributed by atoms with Gasteiger partial charge < -0.3 is 9.84 Å². The third-order valence-electron chi connectivity index (χ3n) is 5.76. The van der Waals surface area contributed by atoms with Crippen LogP contribution in [0.2, 0.25) is 5.02 Å². The lowest BCUT2D eigenvalue weighted by Gasteiger charge is -2.24. The van der Waals surface area contributed by atoms with Gasteiger partial charge in [0.1, 0.15) is 0 Å². The second kappa shape index (κ2) is 9.12. The van der Waals surface area contributed by atoms with Gasteiger partial charge in [0.25, 0.3) is 5.91 Å². The number of aryl methyl sites for hydroxylation is 2. The van der Waals surface area contributed by atoms with Crippen molar-refractivity contribution in [3.05, 3.63) is 85.5 Å². The first kappa shape index (κ1) is 24.1. The number of fused-ring (bicyclic) bond motifs is 1. The number of carbonyl (C=O) groups excluding carboxylic acids is 3. The minimum absolute atomic E-state index is 0.0742. The molecule has 0 saturated heterocycles. The van der Waals surface area contributed by atoms with Crippen LogP contribution in [0.15, 0.2) is 53.8 Å². The van der Waals surface area contributed by atoms with E-state index in [1.54, 1.807) is 56.3 Å². The number of hydrogen-bond donors (Lipinski definition) is 1. The topological polar surface area (TPSA) is 110 Å². The van der Waals surface area contributed by atoms with Crippen LogP contribution in [0.5, 0.6) is 0 Å². The largest absolute Gasteiger partial charge is 0.503 e. The normalized spacial score (nSPS) is 15.7. The molecule has 0 bridgehead atoms. The van der Waals surface area contributed by atoms with Gasteiger partial charge in [-0.1, -0.05) is 35.1 Å². The summed E-state index contributed by atoms with van der Waals surface area (Å²) < 4.78 is 5.52. The van der Waals surface area contributed by atoms with Crippen LogP contribution < -0.4 is 4.90 Å². The molecule has 2 aromatic carbocycles. The molecule has 1 unspecified atom stereocenters. The second-order valence-electron chi connectivity index (χ2n) is 8.04. The predicted molar refractivity (Wildman–Crippen MR) is 138 cm³/mol. The number of aliphatic hydroxyl groups is 1. The van der Waals surface area contributed by atoms with Gasteiger partial charge in [-0.25, -0.2) is 14.8 Å². The SMILES string of the molecule is COC(=O)c1ccc(C2C(C(=O)c3sc(C)nc3C)=C(O)C(=O)N2c2nc3ccc(Cl)cc3s2)cc1. The summed E-state index contributed by atoms with van der Waals surface area (Å²) in [6, 6.07) is 10.5. The summed E-state index contributed by atoms with van der Waals surface area (Å²) in [5.74, 6) is -2.40. The van der Waals surface area contributed by atoms with Crippen LogP contribution in [0.3, 0.4) is 0 Å². The molecule has 3 heterocycles. The summed E-state index contributed by atoms with van der Waals surface area (Å²) >= 11 is 8.54. The standard InChI is InChI=1S/C25H18ClN3O5S2/c1-11-22(35-12(2)27-11)20(30)18-19(13-4-6-14(7-5-13)24(33)34-3)29(23(32)21(18)31)25-28-16-9-8-15(26)10-17(16)36-25/h4-10,19,31H,1-3H3. The molecule has 0 fully saturated rings. The van der Waals surface area contributed by atoms with Gasteiger partial charge in [-0.2, -0.15) is 0 Å². The molecule has 1 aliphatic rings. The van der Waals surface area contributed by atoms with Gasteiger partial charge in [0.05, 0.1) is 50.1 Å². The lowest BCUT2D eigenvalue weighted by molar-refractivity contribution is -0.117. The minimum Gasteiger partial charge on any atom is -0.503 e. The molecule has 0 radical (unpaired) electrons. The highest BCUT2D eigenvalue weighted by Crippen LogP contribution is 2.45. The molecule has 4 aromatic rings. The Morgan fingerprint density at radius 2 is 1.81 bits per heavy atom. The van der Waals surface area contributed by atoms with Gasteiger partial charge in [-0.3, -0.25) is 14.5 Å². The number of nitrogens with zero attached hydrogens (tertiary/aromatic N) is 3. The van der Waals surface area contributed by atoms with E-state index in [9.17, 15) is 19.5 Å². The molecule has 0 spiro atoms. The molecule has 5 rings (SSSR count). The molecular weight excluding hydrogens is 522 g/mol. The number of aromatic nitrogens is 2. The number of anilines is 1. The fraction of sp³-hybridized carbons (Fsp3) is 0.160. The lowest BCUT2D eigenvalue weighted by atomic mass is 9.94. The number of hydrogen-bond acceptors (Lipinski definition) is 9. The van der Waals surface area contributed by atoms with Gasteiger partial charge in [0, 0.05) is 5.02 Å². The van der Waals surface area contributed by atoms with E-state index in [2.05, 4.69) is 9.97 Å². The van der Waals surface area contributed by atoms with Gasteiger partial charge in [0.2, 0.25) is 5.78 Å². The van der Waals surface area contributed by atoms with E-state index < -0.39 is 29.5 Å². The Morgan fingerprint density at radius 1 is 1.08 bits per heavy atom. The molecule has 0 aliphatic carbocycles. The molecule has 11 heteroatoms. The number of ketones is 1. The van der Waals surface area contributed by atoms with Crippen molar-refractivity contribution >= 4 is 67.3 Å². The average Bonchev–Trinajstić information content (AvgIpc) is 3.51. The summed E-state index contributed by atoms with van der Waals surface area (Å²) in [7, 11) is 1.28. The van der Waals surface area contributed by atoms with E-state index >= 15 is 0 Å². The Labute approximate surface area is 218 Å². The van der Waals surface area contributed by atoms with Crippen molar-refractivity contribution in [2.75, 3.05) is 12.0 Å². The quantitative estimate of drug-likeness (QED) is 0.260. The Hall–Kier alpha value is -3.60. The molecule has 1 aliphatic heterocycles. The lowest BCUT2D eigenvalue weighted by Crippen LogP contribution is -2.31. The number of thiazole rings is 2. The highest BCUT2D eigenvalue weighted by Gasteiger charge is 2.46. The second-order valence-corrected chi connectivity index (χ2v) is 10.7. The molecular formula is C25H18ClN3O5S2. The summed E-state index contributed by atoms with van der Waals surface area (Å²) in [5.41, 5.74) is 1.89. The molecule has 36 heavy (non-hydrogen) atoms. The van der Waals surface area contributed by atoms with E-state index in [-0.39, 0.29) is 5.57 Å². The fourth-order valence-corrected chi connectivity index (χ4v) is 6.27. The fourth-order valence-electron chi connectivity index (χ4n) is 4.12. The van der Waals surface area contributed by atoms with E-state index in [0.29, 0.717) is 42.4 Å². The number of carbonyl (C=O) groups is 3. The van der Waals surface area contributed by atoms with Gasteiger partial charge >= 0.3 is 5.97 Å². The molecule has 1 amide bonds. The number of aliphatic hydroxyl groups excluding tert-OH is 1. The molecule has 2 aromatic heterocycles. The first-order chi connectivity index (χ1) is 17.2. The average molecular weight is 540 g/mol. The number of halogens is 1. The van der Waals surface area contributed by atoms with Crippen LogP contribution in [0, 0.1) is 13.8 Å². The van der Waals surface area contributed by atoms with Gasteiger partial charge in [-0.15, -0.1) is 11.3 Å². The summed E-state index contributed by atoms with van der Waals surface area (Å²) in [5, 5.41) is 12.5. The first-order valence-corrected chi connectivity index (χ1v) is 12.7. The highest BCUT2D eigenvalue weighted by atomic mass is 35.5. The Morgan fingerprint density at radius 3 is 2.44 bits per heavy atom. The van der Waals surface area contributed by atoms with E-state index in [4.69, 9.17) is 16.3 Å².